The van der Waals surface area contributed by atoms with E-state index in [0.717, 1.165) is 23.5 Å². The summed E-state index contributed by atoms with van der Waals surface area (Å²) >= 11 is 7.11. The number of allylic oxidation sites excluding steroid dienone is 1. The molecule has 16 heavy (non-hydrogen) atoms. The van der Waals surface area contributed by atoms with Crippen LogP contribution in [0, 0.1) is 5.41 Å². The van der Waals surface area contributed by atoms with Crippen molar-refractivity contribution in [2.45, 2.75) is 11.6 Å². The Bertz CT molecular complexity index is 391. The van der Waals surface area contributed by atoms with Crippen LogP contribution in [0.25, 0.3) is 5.76 Å². The van der Waals surface area contributed by atoms with Crippen LogP contribution in [-0.2, 0) is 7.05 Å². The third kappa shape index (κ3) is 3.24. The van der Waals surface area contributed by atoms with Gasteiger partial charge in [0.25, 0.3) is 0 Å². The molecule has 0 atom stereocenters. The first-order valence-electron chi connectivity index (χ1n) is 4.69. The Balaban J connectivity index is 2.76. The number of alkyl halides is 1. The fourth-order valence-corrected chi connectivity index (χ4v) is 2.18. The van der Waals surface area contributed by atoms with Gasteiger partial charge >= 0.3 is 0 Å². The van der Waals surface area contributed by atoms with Crippen molar-refractivity contribution < 1.29 is 5.11 Å². The predicted molar refractivity (Wildman–Crippen MR) is 66.5 cm³/mol. The van der Waals surface area contributed by atoms with Crippen LogP contribution in [0.15, 0.2) is 11.2 Å². The zero-order valence-electron chi connectivity index (χ0n) is 8.85. The number of nitrogens with zero attached hydrogens (tertiary/aromatic N) is 3. The van der Waals surface area contributed by atoms with Crippen LogP contribution < -0.4 is 0 Å². The molecule has 0 spiro atoms. The molecule has 0 radical (unpaired) electrons. The number of aliphatic hydroxyl groups excluding tert-OH is 1. The number of aromatic nitrogens is 3. The second kappa shape index (κ2) is 6.55. The molecule has 1 aromatic rings. The molecule has 2 N–H and O–H groups in total. The SMILES string of the molecule is Cn1c(SCCCCl)nnc1/C(O)=C/C=N. The lowest BCUT2D eigenvalue weighted by molar-refractivity contribution is 0.499. The second-order valence-corrected chi connectivity index (χ2v) is 4.41. The summed E-state index contributed by atoms with van der Waals surface area (Å²) in [4.78, 5) is 0. The highest BCUT2D eigenvalue weighted by Crippen LogP contribution is 2.19. The molecule has 5 nitrogen and oxygen atoms in total. The Kier molecular flexibility index (Phi) is 5.34. The van der Waals surface area contributed by atoms with Crippen molar-refractivity contribution >= 4 is 35.3 Å². The maximum Gasteiger partial charge on any atom is 0.199 e. The number of hydrogen-bond acceptors (Lipinski definition) is 5. The minimum atomic E-state index is -0.0609. The number of rotatable bonds is 6. The van der Waals surface area contributed by atoms with E-state index in [-0.39, 0.29) is 5.76 Å². The van der Waals surface area contributed by atoms with E-state index in [1.165, 1.54) is 17.8 Å². The van der Waals surface area contributed by atoms with Crippen LogP contribution in [0.4, 0.5) is 0 Å². The fourth-order valence-electron chi connectivity index (χ4n) is 1.04. The first-order chi connectivity index (χ1) is 7.70. The summed E-state index contributed by atoms with van der Waals surface area (Å²) in [6.07, 6.45) is 3.16. The summed E-state index contributed by atoms with van der Waals surface area (Å²) in [5, 5.41) is 24.9. The van der Waals surface area contributed by atoms with Crippen LogP contribution in [0.3, 0.4) is 0 Å². The number of hydrogen-bond donors (Lipinski definition) is 2. The zero-order chi connectivity index (χ0) is 12.0. The minimum absolute atomic E-state index is 0.0609. The van der Waals surface area contributed by atoms with Gasteiger partial charge < -0.3 is 15.1 Å². The van der Waals surface area contributed by atoms with Gasteiger partial charge in [0, 0.05) is 31.0 Å². The molecule has 0 fully saturated rings. The second-order valence-electron chi connectivity index (χ2n) is 2.97. The van der Waals surface area contributed by atoms with Gasteiger partial charge in [-0.05, 0) is 6.42 Å². The topological polar surface area (TPSA) is 74.8 Å². The highest BCUT2D eigenvalue weighted by Gasteiger charge is 2.11. The molecule has 0 aromatic carbocycles. The molecule has 0 amide bonds. The monoisotopic (exact) mass is 260 g/mol. The zero-order valence-corrected chi connectivity index (χ0v) is 10.4. The van der Waals surface area contributed by atoms with Gasteiger partial charge in [-0.25, -0.2) is 0 Å². The lowest BCUT2D eigenvalue weighted by atomic mass is 10.4. The van der Waals surface area contributed by atoms with Gasteiger partial charge in [0.1, 0.15) is 0 Å². The van der Waals surface area contributed by atoms with E-state index in [2.05, 4.69) is 10.2 Å². The van der Waals surface area contributed by atoms with E-state index >= 15 is 0 Å². The van der Waals surface area contributed by atoms with E-state index < -0.39 is 0 Å². The van der Waals surface area contributed by atoms with Crippen LogP contribution in [0.2, 0.25) is 0 Å². The van der Waals surface area contributed by atoms with Crippen molar-refractivity contribution in [3.8, 4) is 0 Å². The van der Waals surface area contributed by atoms with Crippen molar-refractivity contribution in [1.82, 2.24) is 14.8 Å². The molecule has 1 heterocycles. The lowest BCUT2D eigenvalue weighted by Gasteiger charge is -2.01. The number of nitrogens with one attached hydrogen (secondary N) is 1. The van der Waals surface area contributed by atoms with Gasteiger partial charge in [0.2, 0.25) is 0 Å². The number of aliphatic hydroxyl groups is 1. The Hall–Kier alpha value is -1.01. The standard InChI is InChI=1S/C9H13ClN4OS/c1-14-8(7(15)3-5-11)12-13-9(14)16-6-2-4-10/h3,5,11,15H,2,4,6H2,1H3/b7-3-,11-5?. The third-order valence-corrected chi connectivity index (χ3v) is 3.19. The number of thioether (sulfide) groups is 1. The molecule has 1 rings (SSSR count). The van der Waals surface area contributed by atoms with Crippen LogP contribution in [-0.4, -0.2) is 37.7 Å². The van der Waals surface area contributed by atoms with Crippen molar-refractivity contribution in [2.75, 3.05) is 11.6 Å². The van der Waals surface area contributed by atoms with Crippen LogP contribution >= 0.6 is 23.4 Å². The maximum absolute atomic E-state index is 9.54. The van der Waals surface area contributed by atoms with Gasteiger partial charge in [-0.15, -0.1) is 21.8 Å². The Morgan fingerprint density at radius 1 is 1.62 bits per heavy atom. The Morgan fingerprint density at radius 3 is 3.00 bits per heavy atom. The van der Waals surface area contributed by atoms with Crippen molar-refractivity contribution in [3.05, 3.63) is 11.9 Å². The minimum Gasteiger partial charge on any atom is -0.504 e. The predicted octanol–water partition coefficient (Wildman–Crippen LogP) is 2.08. The molecule has 0 bridgehead atoms. The van der Waals surface area contributed by atoms with Gasteiger partial charge in [0.05, 0.1) is 0 Å². The summed E-state index contributed by atoms with van der Waals surface area (Å²) in [5.41, 5.74) is 0. The first kappa shape index (κ1) is 13.1. The Labute approximate surface area is 103 Å². The summed E-state index contributed by atoms with van der Waals surface area (Å²) in [6.45, 7) is 0. The lowest BCUT2D eigenvalue weighted by Crippen LogP contribution is -1.99. The molecule has 0 aliphatic heterocycles. The van der Waals surface area contributed by atoms with Crippen molar-refractivity contribution in [1.29, 1.82) is 5.41 Å². The van der Waals surface area contributed by atoms with Gasteiger partial charge in [-0.3, -0.25) is 0 Å². The molecule has 7 heteroatoms. The van der Waals surface area contributed by atoms with Gasteiger partial charge in [-0.1, -0.05) is 11.8 Å². The smallest absolute Gasteiger partial charge is 0.199 e. The Morgan fingerprint density at radius 2 is 2.38 bits per heavy atom. The van der Waals surface area contributed by atoms with E-state index in [9.17, 15) is 5.11 Å². The van der Waals surface area contributed by atoms with Crippen LogP contribution in [0.5, 0.6) is 0 Å². The van der Waals surface area contributed by atoms with E-state index in [1.807, 2.05) is 0 Å². The first-order valence-corrected chi connectivity index (χ1v) is 6.21. The number of halogens is 1. The van der Waals surface area contributed by atoms with Crippen molar-refractivity contribution in [2.24, 2.45) is 7.05 Å². The largest absolute Gasteiger partial charge is 0.504 e. The quantitative estimate of drug-likeness (QED) is 0.270. The van der Waals surface area contributed by atoms with Crippen molar-refractivity contribution in [3.63, 3.8) is 0 Å². The molecule has 0 aliphatic rings. The molecule has 0 unspecified atom stereocenters. The average Bonchev–Trinajstić information content (AvgIpc) is 2.61. The summed E-state index contributed by atoms with van der Waals surface area (Å²) in [6, 6.07) is 0. The van der Waals surface area contributed by atoms with E-state index in [1.54, 1.807) is 11.6 Å². The maximum atomic E-state index is 9.54. The molecule has 0 saturated carbocycles. The third-order valence-electron chi connectivity index (χ3n) is 1.81. The van der Waals surface area contributed by atoms with Gasteiger partial charge in [0.15, 0.2) is 16.7 Å². The van der Waals surface area contributed by atoms with Gasteiger partial charge in [-0.2, -0.15) is 0 Å². The van der Waals surface area contributed by atoms with E-state index in [4.69, 9.17) is 17.0 Å². The molecular formula is C9H13ClN4OS. The highest BCUT2D eigenvalue weighted by atomic mass is 35.5. The molecule has 1 aromatic heterocycles. The summed E-state index contributed by atoms with van der Waals surface area (Å²) < 4.78 is 1.69. The molecular weight excluding hydrogens is 248 g/mol. The summed E-state index contributed by atoms with van der Waals surface area (Å²) in [7, 11) is 1.77. The normalized spacial score (nSPS) is 11.8. The average molecular weight is 261 g/mol. The molecule has 88 valence electrons. The van der Waals surface area contributed by atoms with Crippen LogP contribution in [0.1, 0.15) is 12.2 Å². The summed E-state index contributed by atoms with van der Waals surface area (Å²) in [5.74, 6) is 1.78. The molecule has 0 aliphatic carbocycles. The highest BCUT2D eigenvalue weighted by molar-refractivity contribution is 7.99. The fraction of sp³-hybridized carbons (Fsp3) is 0.444. The molecule has 0 saturated heterocycles. The van der Waals surface area contributed by atoms with E-state index in [0.29, 0.717) is 11.7 Å².